The first-order valence-electron chi connectivity index (χ1n) is 9.86. The van der Waals surface area contributed by atoms with Crippen LogP contribution in [0.3, 0.4) is 0 Å². The first kappa shape index (κ1) is 21.4. The molecule has 2 atom stereocenters. The summed E-state index contributed by atoms with van der Waals surface area (Å²) in [6.45, 7) is 2.58. The van der Waals surface area contributed by atoms with E-state index in [4.69, 9.17) is 11.6 Å². The number of hydrazine groups is 1. The summed E-state index contributed by atoms with van der Waals surface area (Å²) in [6, 6.07) is 10.6. The lowest BCUT2D eigenvalue weighted by Crippen LogP contribution is -2.49. The van der Waals surface area contributed by atoms with Crippen LogP contribution in [-0.2, 0) is 13.0 Å². The molecule has 3 aromatic rings. The number of aliphatic hydroxyl groups excluding tert-OH is 1. The fourth-order valence-electron chi connectivity index (χ4n) is 3.62. The zero-order valence-corrected chi connectivity index (χ0v) is 17.6. The molecule has 0 spiro atoms. The minimum atomic E-state index is -0.795. The monoisotopic (exact) mass is 445 g/mol. The minimum absolute atomic E-state index is 0.215. The average molecular weight is 446 g/mol. The van der Waals surface area contributed by atoms with Crippen LogP contribution in [-0.4, -0.2) is 43.6 Å². The van der Waals surface area contributed by atoms with Gasteiger partial charge in [-0.1, -0.05) is 23.7 Å². The first-order chi connectivity index (χ1) is 14.9. The molecule has 0 amide bonds. The second-order valence-electron chi connectivity index (χ2n) is 7.55. The Bertz CT molecular complexity index is 1060. The maximum atomic E-state index is 14.6. The second kappa shape index (κ2) is 9.13. The Kier molecular flexibility index (Phi) is 6.31. The van der Waals surface area contributed by atoms with Gasteiger partial charge in [-0.2, -0.15) is 5.10 Å². The molecule has 162 valence electrons. The van der Waals surface area contributed by atoms with Crippen molar-refractivity contribution in [2.45, 2.75) is 32.0 Å². The maximum Gasteiger partial charge on any atom is 0.151 e. The number of aromatic nitrogens is 3. The van der Waals surface area contributed by atoms with Gasteiger partial charge in [-0.05, 0) is 48.7 Å². The molecule has 4 rings (SSSR count). The lowest BCUT2D eigenvalue weighted by molar-refractivity contribution is 0.0517. The van der Waals surface area contributed by atoms with Crippen LogP contribution in [0, 0.1) is 11.6 Å². The summed E-state index contributed by atoms with van der Waals surface area (Å²) in [6.07, 6.45) is 4.61. The maximum absolute atomic E-state index is 14.6. The molecule has 0 saturated heterocycles. The molecule has 1 aliphatic rings. The van der Waals surface area contributed by atoms with E-state index in [1.165, 1.54) is 24.8 Å². The highest BCUT2D eigenvalue weighted by molar-refractivity contribution is 6.30. The molecular weight excluding hydrogens is 424 g/mol. The Morgan fingerprint density at radius 2 is 1.94 bits per heavy atom. The topological polar surface area (TPSA) is 57.4 Å². The fraction of sp³-hybridized carbons (Fsp3) is 0.273. The largest absolute Gasteiger partial charge is 0.389 e. The van der Waals surface area contributed by atoms with Crippen molar-refractivity contribution in [3.8, 4) is 0 Å². The Balaban J connectivity index is 1.59. The quantitative estimate of drug-likeness (QED) is 0.599. The molecule has 2 unspecified atom stereocenters. The Morgan fingerprint density at radius 3 is 2.61 bits per heavy atom. The molecule has 1 N–H and O–H groups in total. The Labute approximate surface area is 184 Å². The van der Waals surface area contributed by atoms with E-state index in [0.717, 1.165) is 17.2 Å². The van der Waals surface area contributed by atoms with Crippen molar-refractivity contribution in [2.24, 2.45) is 0 Å². The molecule has 0 aliphatic carbocycles. The SMILES string of the molecule is CC(C(O)Cn1cncn1)N1CC(Cc2ccc(Cl)cc2)=CN1c1ccc(F)cc1F. The summed E-state index contributed by atoms with van der Waals surface area (Å²) in [5, 5.41) is 19.0. The molecule has 6 nitrogen and oxygen atoms in total. The van der Waals surface area contributed by atoms with Gasteiger partial charge in [-0.3, -0.25) is 9.69 Å². The van der Waals surface area contributed by atoms with Crippen molar-refractivity contribution in [3.05, 3.63) is 89.1 Å². The normalized spacial score (nSPS) is 16.4. The van der Waals surface area contributed by atoms with Crippen LogP contribution in [0.15, 0.2) is 66.9 Å². The second-order valence-corrected chi connectivity index (χ2v) is 7.99. The lowest BCUT2D eigenvalue weighted by atomic mass is 10.1. The molecule has 9 heteroatoms. The molecule has 2 aromatic carbocycles. The summed E-state index contributed by atoms with van der Waals surface area (Å²) in [5.41, 5.74) is 2.30. The highest BCUT2D eigenvalue weighted by atomic mass is 35.5. The van der Waals surface area contributed by atoms with E-state index in [9.17, 15) is 13.9 Å². The van der Waals surface area contributed by atoms with Crippen LogP contribution in [0.5, 0.6) is 0 Å². The predicted octanol–water partition coefficient (Wildman–Crippen LogP) is 3.82. The molecule has 0 saturated carbocycles. The minimum Gasteiger partial charge on any atom is -0.389 e. The zero-order chi connectivity index (χ0) is 22.0. The number of nitrogens with zero attached hydrogens (tertiary/aromatic N) is 5. The van der Waals surface area contributed by atoms with E-state index in [-0.39, 0.29) is 18.3 Å². The van der Waals surface area contributed by atoms with Gasteiger partial charge in [0, 0.05) is 23.8 Å². The van der Waals surface area contributed by atoms with Crippen LogP contribution >= 0.6 is 11.6 Å². The van der Waals surface area contributed by atoms with Crippen LogP contribution in [0.2, 0.25) is 5.02 Å². The van der Waals surface area contributed by atoms with Gasteiger partial charge in [0.05, 0.1) is 24.4 Å². The summed E-state index contributed by atoms with van der Waals surface area (Å²) in [7, 11) is 0. The highest BCUT2D eigenvalue weighted by Crippen LogP contribution is 2.31. The molecule has 1 aromatic heterocycles. The summed E-state index contributed by atoms with van der Waals surface area (Å²) in [4.78, 5) is 3.89. The average Bonchev–Trinajstić information content (AvgIpc) is 3.39. The third-order valence-corrected chi connectivity index (χ3v) is 5.57. The number of benzene rings is 2. The number of rotatable bonds is 7. The molecule has 1 aliphatic heterocycles. The van der Waals surface area contributed by atoms with E-state index in [1.807, 2.05) is 42.4 Å². The molecule has 0 fully saturated rings. The van der Waals surface area contributed by atoms with E-state index in [1.54, 1.807) is 9.69 Å². The predicted molar refractivity (Wildman–Crippen MR) is 114 cm³/mol. The van der Waals surface area contributed by atoms with Crippen molar-refractivity contribution >= 4 is 17.3 Å². The van der Waals surface area contributed by atoms with Crippen molar-refractivity contribution in [1.29, 1.82) is 0 Å². The van der Waals surface area contributed by atoms with E-state index < -0.39 is 17.7 Å². The Hall–Kier alpha value is -2.81. The van der Waals surface area contributed by atoms with E-state index >= 15 is 0 Å². The number of hydrogen-bond acceptors (Lipinski definition) is 5. The van der Waals surface area contributed by atoms with Crippen LogP contribution < -0.4 is 5.01 Å². The fourth-order valence-corrected chi connectivity index (χ4v) is 3.75. The van der Waals surface area contributed by atoms with Crippen LogP contribution in [0.25, 0.3) is 0 Å². The smallest absolute Gasteiger partial charge is 0.151 e. The van der Waals surface area contributed by atoms with Crippen molar-refractivity contribution < 1.29 is 13.9 Å². The van der Waals surface area contributed by atoms with Crippen molar-refractivity contribution in [1.82, 2.24) is 19.8 Å². The van der Waals surface area contributed by atoms with Gasteiger partial charge in [0.25, 0.3) is 0 Å². The van der Waals surface area contributed by atoms with Crippen LogP contribution in [0.4, 0.5) is 14.5 Å². The zero-order valence-electron chi connectivity index (χ0n) is 16.9. The van der Waals surface area contributed by atoms with Gasteiger partial charge in [-0.25, -0.2) is 18.8 Å². The summed E-state index contributed by atoms with van der Waals surface area (Å²) >= 11 is 5.98. The van der Waals surface area contributed by atoms with Crippen LogP contribution in [0.1, 0.15) is 12.5 Å². The summed E-state index contributed by atoms with van der Waals surface area (Å²) < 4.78 is 29.6. The lowest BCUT2D eigenvalue weighted by Gasteiger charge is -2.36. The van der Waals surface area contributed by atoms with E-state index in [2.05, 4.69) is 10.1 Å². The van der Waals surface area contributed by atoms with E-state index in [0.29, 0.717) is 18.0 Å². The third kappa shape index (κ3) is 4.92. The number of hydrogen-bond donors (Lipinski definition) is 1. The summed E-state index contributed by atoms with van der Waals surface area (Å²) in [5.74, 6) is -1.32. The first-order valence-corrected chi connectivity index (χ1v) is 10.2. The number of anilines is 1. The number of aliphatic hydroxyl groups is 1. The van der Waals surface area contributed by atoms with Crippen molar-refractivity contribution in [2.75, 3.05) is 11.6 Å². The molecule has 2 heterocycles. The highest BCUT2D eigenvalue weighted by Gasteiger charge is 2.33. The molecular formula is C22H22ClF2N5O. The van der Waals surface area contributed by atoms with Crippen molar-refractivity contribution in [3.63, 3.8) is 0 Å². The molecule has 0 radical (unpaired) electrons. The van der Waals surface area contributed by atoms with Gasteiger partial charge < -0.3 is 5.11 Å². The van der Waals surface area contributed by atoms with Gasteiger partial charge in [0.1, 0.15) is 18.5 Å². The molecule has 31 heavy (non-hydrogen) atoms. The molecule has 0 bridgehead atoms. The van der Waals surface area contributed by atoms with Gasteiger partial charge >= 0.3 is 0 Å². The standard InChI is InChI=1S/C22H22ClF2N5O/c1-15(22(31)12-28-14-26-13-27-28)29-10-17(8-16-2-4-18(23)5-3-16)11-30(29)21-7-6-19(24)9-20(21)25/h2-7,9,11,13-15,22,31H,8,10,12H2,1H3. The Morgan fingerprint density at radius 1 is 1.16 bits per heavy atom. The van der Waals surface area contributed by atoms with Gasteiger partial charge in [0.2, 0.25) is 0 Å². The number of halogens is 3. The third-order valence-electron chi connectivity index (χ3n) is 5.32. The van der Waals surface area contributed by atoms with Gasteiger partial charge in [0.15, 0.2) is 5.82 Å². The van der Waals surface area contributed by atoms with Gasteiger partial charge in [-0.15, -0.1) is 0 Å².